The number of benzene rings is 2. The Morgan fingerprint density at radius 3 is 2.33 bits per heavy atom. The Labute approximate surface area is 199 Å². The Bertz CT molecular complexity index is 1080. The number of amides is 3. The van der Waals surface area contributed by atoms with Crippen LogP contribution in [0.2, 0.25) is 0 Å². The average molecular weight is 464 g/mol. The minimum atomic E-state index is -0.169. The van der Waals surface area contributed by atoms with E-state index in [9.17, 15) is 9.59 Å². The van der Waals surface area contributed by atoms with Crippen molar-refractivity contribution in [1.82, 2.24) is 19.6 Å². The van der Waals surface area contributed by atoms with E-state index < -0.39 is 0 Å². The van der Waals surface area contributed by atoms with Crippen LogP contribution in [0.5, 0.6) is 0 Å². The summed E-state index contributed by atoms with van der Waals surface area (Å²) in [4.78, 5) is 39.2. The lowest BCUT2D eigenvalue weighted by Crippen LogP contribution is -2.49. The molecule has 8 heteroatoms. The quantitative estimate of drug-likeness (QED) is 0.502. The first-order valence-electron chi connectivity index (χ1n) is 11.6. The van der Waals surface area contributed by atoms with Gasteiger partial charge in [0.1, 0.15) is 12.4 Å². The Kier molecular flexibility index (Phi) is 6.37. The van der Waals surface area contributed by atoms with Gasteiger partial charge >= 0.3 is 6.03 Å². The molecule has 0 bridgehead atoms. The molecule has 0 atom stereocenters. The van der Waals surface area contributed by atoms with Gasteiger partial charge in [-0.15, -0.1) is 0 Å². The molecular formula is C25H29N5O2S. The summed E-state index contributed by atoms with van der Waals surface area (Å²) in [6, 6.07) is 16.7. The zero-order valence-electron chi connectivity index (χ0n) is 18.9. The van der Waals surface area contributed by atoms with Crippen molar-refractivity contribution in [3.63, 3.8) is 0 Å². The maximum absolute atomic E-state index is 12.0. The summed E-state index contributed by atoms with van der Waals surface area (Å²) in [5.41, 5.74) is 2.24. The third-order valence-corrected chi connectivity index (χ3v) is 7.59. The fourth-order valence-electron chi connectivity index (χ4n) is 4.59. The number of piperazine rings is 1. The zero-order chi connectivity index (χ0) is 22.8. The fraction of sp³-hybridized carbons (Fsp3) is 0.400. The number of unbranched alkanes of at least 4 members (excludes halogenated alkanes) is 1. The third kappa shape index (κ3) is 4.63. The smallest absolute Gasteiger partial charge is 0.326 e. The number of para-hydroxylation sites is 1. The molecule has 0 aliphatic carbocycles. The molecule has 3 aliphatic heterocycles. The lowest BCUT2D eigenvalue weighted by molar-refractivity contribution is -0.125. The fourth-order valence-corrected chi connectivity index (χ4v) is 5.61. The van der Waals surface area contributed by atoms with Crippen LogP contribution < -0.4 is 0 Å². The number of nitrogens with zero attached hydrogens (tertiary/aromatic N) is 5. The van der Waals surface area contributed by atoms with Crippen LogP contribution in [0, 0.1) is 0 Å². The molecule has 0 unspecified atom stereocenters. The van der Waals surface area contributed by atoms with Crippen molar-refractivity contribution in [2.24, 2.45) is 4.99 Å². The maximum Gasteiger partial charge on any atom is 0.326 e. The van der Waals surface area contributed by atoms with E-state index in [4.69, 9.17) is 4.99 Å². The summed E-state index contributed by atoms with van der Waals surface area (Å²) in [6.45, 7) is 5.56. The van der Waals surface area contributed by atoms with Crippen LogP contribution in [-0.4, -0.2) is 90.2 Å². The number of carbonyl (C=O) groups excluding carboxylic acids is 2. The van der Waals surface area contributed by atoms with Crippen LogP contribution in [0.25, 0.3) is 0 Å². The van der Waals surface area contributed by atoms with Crippen molar-refractivity contribution in [2.45, 2.75) is 22.6 Å². The van der Waals surface area contributed by atoms with Gasteiger partial charge in [-0.2, -0.15) is 0 Å². The van der Waals surface area contributed by atoms with Gasteiger partial charge in [0.2, 0.25) is 5.91 Å². The van der Waals surface area contributed by atoms with Crippen molar-refractivity contribution >= 4 is 35.2 Å². The lowest BCUT2D eigenvalue weighted by Gasteiger charge is -2.36. The number of hydrogen-bond acceptors (Lipinski definition) is 6. The SMILES string of the molecule is CN1CC(=O)N(CCCCN2CCN(C3=Nc4ccccc4Sc4ccccc43)CC2)C1=O. The highest BCUT2D eigenvalue weighted by Gasteiger charge is 2.32. The second kappa shape index (κ2) is 9.57. The Balaban J connectivity index is 1.18. The lowest BCUT2D eigenvalue weighted by atomic mass is 10.1. The monoisotopic (exact) mass is 463 g/mol. The van der Waals surface area contributed by atoms with Gasteiger partial charge in [0.15, 0.2) is 0 Å². The Hall–Kier alpha value is -2.84. The molecule has 3 aliphatic rings. The van der Waals surface area contributed by atoms with Gasteiger partial charge in [-0.25, -0.2) is 9.79 Å². The van der Waals surface area contributed by atoms with E-state index >= 15 is 0 Å². The highest BCUT2D eigenvalue weighted by Crippen LogP contribution is 2.40. The first-order valence-corrected chi connectivity index (χ1v) is 12.4. The van der Waals surface area contributed by atoms with Crippen molar-refractivity contribution in [1.29, 1.82) is 0 Å². The molecule has 0 spiro atoms. The third-order valence-electron chi connectivity index (χ3n) is 6.45. The topological polar surface area (TPSA) is 59.5 Å². The molecule has 0 aromatic heterocycles. The van der Waals surface area contributed by atoms with Crippen LogP contribution in [-0.2, 0) is 4.79 Å². The van der Waals surface area contributed by atoms with E-state index in [0.717, 1.165) is 57.1 Å². The number of rotatable bonds is 5. The maximum atomic E-state index is 12.0. The standard InChI is InChI=1S/C25H29N5O2S/c1-27-18-23(31)30(25(27)32)13-7-6-12-28-14-16-29(17-15-28)24-19-8-2-4-10-21(19)33-22-11-5-3-9-20(22)26-24/h2-5,8-11H,6-7,12-18H2,1H3. The van der Waals surface area contributed by atoms with Crippen LogP contribution >= 0.6 is 11.8 Å². The summed E-state index contributed by atoms with van der Waals surface area (Å²) in [7, 11) is 1.67. The van der Waals surface area contributed by atoms with Gasteiger partial charge in [0.25, 0.3) is 0 Å². The summed E-state index contributed by atoms with van der Waals surface area (Å²) in [5.74, 6) is 0.984. The van der Waals surface area contributed by atoms with Crippen LogP contribution in [0.1, 0.15) is 18.4 Å². The average Bonchev–Trinajstić information content (AvgIpc) is 2.98. The number of imide groups is 1. The van der Waals surface area contributed by atoms with Crippen LogP contribution in [0.15, 0.2) is 63.3 Å². The van der Waals surface area contributed by atoms with Crippen LogP contribution in [0.4, 0.5) is 10.5 Å². The molecule has 7 nitrogen and oxygen atoms in total. The number of hydrogen-bond donors (Lipinski definition) is 0. The number of carbonyl (C=O) groups is 2. The second-order valence-electron chi connectivity index (χ2n) is 8.72. The first-order chi connectivity index (χ1) is 16.1. The predicted molar refractivity (Wildman–Crippen MR) is 130 cm³/mol. The number of fused-ring (bicyclic) bond motifs is 2. The molecule has 5 rings (SSSR count). The molecule has 0 radical (unpaired) electrons. The van der Waals surface area contributed by atoms with Crippen LogP contribution in [0.3, 0.4) is 0 Å². The summed E-state index contributed by atoms with van der Waals surface area (Å²) in [5, 5.41) is 0. The minimum Gasteiger partial charge on any atom is -0.354 e. The van der Waals surface area contributed by atoms with Gasteiger partial charge in [0.05, 0.1) is 5.69 Å². The molecular weight excluding hydrogens is 434 g/mol. The summed E-state index contributed by atoms with van der Waals surface area (Å²) < 4.78 is 0. The number of likely N-dealkylation sites (N-methyl/N-ethyl adjacent to an activating group) is 1. The molecule has 0 N–H and O–H groups in total. The highest BCUT2D eigenvalue weighted by molar-refractivity contribution is 7.99. The van der Waals surface area contributed by atoms with Crippen molar-refractivity contribution in [3.8, 4) is 0 Å². The van der Waals surface area contributed by atoms with E-state index in [2.05, 4.69) is 58.3 Å². The van der Waals surface area contributed by atoms with Gasteiger partial charge in [0, 0.05) is 55.1 Å². The predicted octanol–water partition coefficient (Wildman–Crippen LogP) is 3.52. The van der Waals surface area contributed by atoms with Crippen molar-refractivity contribution in [3.05, 3.63) is 54.1 Å². The molecule has 33 heavy (non-hydrogen) atoms. The van der Waals surface area contributed by atoms with Crippen molar-refractivity contribution in [2.75, 3.05) is 52.9 Å². The molecule has 172 valence electrons. The van der Waals surface area contributed by atoms with E-state index in [1.807, 2.05) is 0 Å². The van der Waals surface area contributed by atoms with Crippen molar-refractivity contribution < 1.29 is 9.59 Å². The summed E-state index contributed by atoms with van der Waals surface area (Å²) in [6.07, 6.45) is 1.83. The van der Waals surface area contributed by atoms with Gasteiger partial charge in [-0.1, -0.05) is 42.1 Å². The number of urea groups is 1. The molecule has 2 saturated heterocycles. The van der Waals surface area contributed by atoms with E-state index in [0.29, 0.717) is 6.54 Å². The van der Waals surface area contributed by atoms with Gasteiger partial charge < -0.3 is 9.80 Å². The molecule has 2 aromatic rings. The Morgan fingerprint density at radius 2 is 1.58 bits per heavy atom. The summed E-state index contributed by atoms with van der Waals surface area (Å²) >= 11 is 1.79. The molecule has 3 amide bonds. The zero-order valence-corrected chi connectivity index (χ0v) is 19.8. The Morgan fingerprint density at radius 1 is 0.879 bits per heavy atom. The minimum absolute atomic E-state index is 0.0830. The van der Waals surface area contributed by atoms with Gasteiger partial charge in [-0.05, 0) is 37.6 Å². The number of amidine groups is 1. The van der Waals surface area contributed by atoms with E-state index in [1.165, 1.54) is 25.2 Å². The first kappa shape index (κ1) is 22.0. The molecule has 2 aromatic carbocycles. The molecule has 3 heterocycles. The van der Waals surface area contributed by atoms with E-state index in [1.54, 1.807) is 18.8 Å². The molecule has 0 saturated carbocycles. The largest absolute Gasteiger partial charge is 0.354 e. The van der Waals surface area contributed by atoms with E-state index in [-0.39, 0.29) is 18.5 Å². The normalized spacial score (nSPS) is 18.8. The molecule has 2 fully saturated rings. The van der Waals surface area contributed by atoms with Gasteiger partial charge in [-0.3, -0.25) is 14.6 Å². The second-order valence-corrected chi connectivity index (χ2v) is 9.80. The highest BCUT2D eigenvalue weighted by atomic mass is 32.2. The number of aliphatic imine (C=N–C) groups is 1.